The van der Waals surface area contributed by atoms with Crippen LogP contribution < -0.4 is 4.74 Å². The zero-order valence-corrected chi connectivity index (χ0v) is 21.8. The number of methoxy groups -OCH3 is 1. The average molecular weight is 498 g/mol. The first-order valence-electron chi connectivity index (χ1n) is 13.4. The van der Waals surface area contributed by atoms with Crippen molar-refractivity contribution < 1.29 is 23.9 Å². The third kappa shape index (κ3) is 4.87. The molecule has 1 aromatic carbocycles. The quantitative estimate of drug-likeness (QED) is 0.515. The van der Waals surface area contributed by atoms with Gasteiger partial charge in [0, 0.05) is 51.0 Å². The minimum Gasteiger partial charge on any atom is -0.497 e. The second-order valence-corrected chi connectivity index (χ2v) is 10.3. The first kappa shape index (κ1) is 26.2. The number of carbonyl (C=O) groups is 4. The van der Waals surface area contributed by atoms with Gasteiger partial charge in [0.05, 0.1) is 12.5 Å². The molecule has 1 aliphatic carbocycles. The van der Waals surface area contributed by atoms with E-state index in [4.69, 9.17) is 4.74 Å². The molecule has 0 spiro atoms. The summed E-state index contributed by atoms with van der Waals surface area (Å²) in [6, 6.07) is 7.14. The first-order chi connectivity index (χ1) is 17.3. The molecular formula is C28H39N3O5. The number of hydrogen-bond donors (Lipinski definition) is 0. The van der Waals surface area contributed by atoms with Crippen LogP contribution in [0.15, 0.2) is 24.3 Å². The third-order valence-electron chi connectivity index (χ3n) is 8.39. The number of benzene rings is 1. The smallest absolute Gasteiger partial charge is 0.241 e. The van der Waals surface area contributed by atoms with Gasteiger partial charge in [-0.3, -0.25) is 24.1 Å². The van der Waals surface area contributed by atoms with Crippen LogP contribution >= 0.6 is 0 Å². The highest BCUT2D eigenvalue weighted by molar-refractivity contribution is 6.11. The maximum atomic E-state index is 14.0. The molecule has 0 bridgehead atoms. The molecule has 36 heavy (non-hydrogen) atoms. The molecule has 3 aliphatic rings. The van der Waals surface area contributed by atoms with E-state index in [9.17, 15) is 19.2 Å². The zero-order valence-electron chi connectivity index (χ0n) is 21.8. The summed E-state index contributed by atoms with van der Waals surface area (Å²) in [6.45, 7) is 6.30. The molecule has 2 aliphatic heterocycles. The number of piperidine rings is 1. The lowest BCUT2D eigenvalue weighted by atomic mass is 9.75. The predicted octanol–water partition coefficient (Wildman–Crippen LogP) is 3.13. The molecule has 4 rings (SSSR count). The standard InChI is InChI=1S/C28H39N3O5/c1-4-29(5-2)26(34)20-13-15-30(16-14-20)24(32)18-28(21-9-8-12-23(17-21)36-3)19-25(33)31(27(28)35)22-10-6-7-11-22/h8-9,12,17,20,22H,4-7,10-11,13-16,18-19H2,1-3H3/t28-/m0/s1. The summed E-state index contributed by atoms with van der Waals surface area (Å²) < 4.78 is 5.40. The highest BCUT2D eigenvalue weighted by Crippen LogP contribution is 2.44. The number of nitrogens with zero attached hydrogens (tertiary/aromatic N) is 3. The molecule has 1 atom stereocenters. The van der Waals surface area contributed by atoms with Crippen molar-refractivity contribution in [3.8, 4) is 5.75 Å². The monoisotopic (exact) mass is 497 g/mol. The Hall–Kier alpha value is -2.90. The van der Waals surface area contributed by atoms with Crippen molar-refractivity contribution in [1.29, 1.82) is 0 Å². The summed E-state index contributed by atoms with van der Waals surface area (Å²) in [6.07, 6.45) is 4.85. The topological polar surface area (TPSA) is 87.2 Å². The van der Waals surface area contributed by atoms with Crippen LogP contribution in [0.4, 0.5) is 0 Å². The summed E-state index contributed by atoms with van der Waals surface area (Å²) in [5.41, 5.74) is -0.570. The van der Waals surface area contributed by atoms with Crippen LogP contribution in [-0.4, -0.2) is 77.7 Å². The number of ether oxygens (including phenoxy) is 1. The molecule has 1 saturated carbocycles. The summed E-state index contributed by atoms with van der Waals surface area (Å²) >= 11 is 0. The normalized spacial score (nSPS) is 23.4. The fourth-order valence-corrected chi connectivity index (χ4v) is 6.22. The molecule has 0 N–H and O–H groups in total. The number of amides is 4. The minimum atomic E-state index is -1.22. The van der Waals surface area contributed by atoms with Gasteiger partial charge in [-0.2, -0.15) is 0 Å². The van der Waals surface area contributed by atoms with E-state index in [0.29, 0.717) is 50.3 Å². The molecule has 196 valence electrons. The Morgan fingerprint density at radius 1 is 1.06 bits per heavy atom. The van der Waals surface area contributed by atoms with Crippen LogP contribution in [0.3, 0.4) is 0 Å². The maximum absolute atomic E-state index is 14.0. The van der Waals surface area contributed by atoms with Crippen molar-refractivity contribution >= 4 is 23.6 Å². The van der Waals surface area contributed by atoms with Crippen molar-refractivity contribution in [2.75, 3.05) is 33.3 Å². The first-order valence-corrected chi connectivity index (χ1v) is 13.4. The Morgan fingerprint density at radius 2 is 1.72 bits per heavy atom. The molecule has 0 radical (unpaired) electrons. The lowest BCUT2D eigenvalue weighted by molar-refractivity contribution is -0.145. The molecule has 0 unspecified atom stereocenters. The van der Waals surface area contributed by atoms with E-state index in [-0.39, 0.29) is 48.4 Å². The zero-order chi connectivity index (χ0) is 25.9. The van der Waals surface area contributed by atoms with Gasteiger partial charge in [0.2, 0.25) is 23.6 Å². The highest BCUT2D eigenvalue weighted by atomic mass is 16.5. The Balaban J connectivity index is 1.55. The van der Waals surface area contributed by atoms with E-state index in [0.717, 1.165) is 25.7 Å². The van der Waals surface area contributed by atoms with E-state index < -0.39 is 5.41 Å². The van der Waals surface area contributed by atoms with E-state index in [1.54, 1.807) is 30.2 Å². The van der Waals surface area contributed by atoms with E-state index in [2.05, 4.69) is 0 Å². The van der Waals surface area contributed by atoms with Gasteiger partial charge < -0.3 is 14.5 Å². The molecule has 4 amide bonds. The van der Waals surface area contributed by atoms with Crippen molar-refractivity contribution in [3.05, 3.63) is 29.8 Å². The van der Waals surface area contributed by atoms with E-state index in [1.807, 2.05) is 24.8 Å². The van der Waals surface area contributed by atoms with Gasteiger partial charge in [0.1, 0.15) is 5.75 Å². The van der Waals surface area contributed by atoms with Gasteiger partial charge in [-0.05, 0) is 57.2 Å². The van der Waals surface area contributed by atoms with Crippen LogP contribution in [0.1, 0.15) is 70.8 Å². The fraction of sp³-hybridized carbons (Fsp3) is 0.643. The lowest BCUT2D eigenvalue weighted by Gasteiger charge is -2.36. The van der Waals surface area contributed by atoms with Gasteiger partial charge in [0.15, 0.2) is 0 Å². The Bertz CT molecular complexity index is 993. The van der Waals surface area contributed by atoms with Crippen LogP contribution in [0.25, 0.3) is 0 Å². The van der Waals surface area contributed by atoms with Crippen LogP contribution in [0, 0.1) is 5.92 Å². The molecular weight excluding hydrogens is 458 g/mol. The fourth-order valence-electron chi connectivity index (χ4n) is 6.22. The van der Waals surface area contributed by atoms with Crippen molar-refractivity contribution in [2.45, 2.75) is 76.7 Å². The number of hydrogen-bond acceptors (Lipinski definition) is 5. The predicted molar refractivity (Wildman–Crippen MR) is 135 cm³/mol. The number of likely N-dealkylation sites (tertiary alicyclic amines) is 2. The average Bonchev–Trinajstić information content (AvgIpc) is 3.51. The van der Waals surface area contributed by atoms with E-state index in [1.165, 1.54) is 4.90 Å². The van der Waals surface area contributed by atoms with Gasteiger partial charge in [-0.25, -0.2) is 0 Å². The van der Waals surface area contributed by atoms with Gasteiger partial charge in [-0.1, -0.05) is 25.0 Å². The molecule has 1 aromatic rings. The molecule has 0 aromatic heterocycles. The van der Waals surface area contributed by atoms with E-state index >= 15 is 0 Å². The highest BCUT2D eigenvalue weighted by Gasteiger charge is 2.56. The second-order valence-electron chi connectivity index (χ2n) is 10.3. The van der Waals surface area contributed by atoms with Crippen molar-refractivity contribution in [3.63, 3.8) is 0 Å². The Kier molecular flexibility index (Phi) is 8.00. The largest absolute Gasteiger partial charge is 0.497 e. The molecule has 8 heteroatoms. The molecule has 8 nitrogen and oxygen atoms in total. The number of carbonyl (C=O) groups excluding carboxylic acids is 4. The van der Waals surface area contributed by atoms with Crippen LogP contribution in [-0.2, 0) is 24.6 Å². The Labute approximate surface area is 213 Å². The van der Waals surface area contributed by atoms with Gasteiger partial charge in [0.25, 0.3) is 0 Å². The summed E-state index contributed by atoms with van der Waals surface area (Å²) in [4.78, 5) is 58.6. The maximum Gasteiger partial charge on any atom is 0.241 e. The third-order valence-corrected chi connectivity index (χ3v) is 8.39. The Morgan fingerprint density at radius 3 is 2.33 bits per heavy atom. The minimum absolute atomic E-state index is 0.00183. The molecule has 2 saturated heterocycles. The molecule has 2 heterocycles. The van der Waals surface area contributed by atoms with Gasteiger partial charge >= 0.3 is 0 Å². The number of imide groups is 1. The summed E-state index contributed by atoms with van der Waals surface area (Å²) in [7, 11) is 1.56. The lowest BCUT2D eigenvalue weighted by Crippen LogP contribution is -2.48. The van der Waals surface area contributed by atoms with Crippen molar-refractivity contribution in [2.24, 2.45) is 5.92 Å². The van der Waals surface area contributed by atoms with Crippen LogP contribution in [0.2, 0.25) is 0 Å². The van der Waals surface area contributed by atoms with Crippen LogP contribution in [0.5, 0.6) is 5.75 Å². The summed E-state index contributed by atoms with van der Waals surface area (Å²) in [5, 5.41) is 0. The van der Waals surface area contributed by atoms with Crippen molar-refractivity contribution in [1.82, 2.24) is 14.7 Å². The summed E-state index contributed by atoms with van der Waals surface area (Å²) in [5.74, 6) is 0.0896. The SMILES string of the molecule is CCN(CC)C(=O)C1CCN(C(=O)C[C@@]2(c3cccc(OC)c3)CC(=O)N(C3CCCC3)C2=O)CC1. The van der Waals surface area contributed by atoms with Gasteiger partial charge in [-0.15, -0.1) is 0 Å². The molecule has 3 fully saturated rings. The second kappa shape index (κ2) is 11.0. The number of rotatable bonds is 8.